The summed E-state index contributed by atoms with van der Waals surface area (Å²) in [5.74, 6) is 0.275. The number of hydrogen-bond donors (Lipinski definition) is 2. The van der Waals surface area contributed by atoms with Crippen LogP contribution in [0.5, 0.6) is 11.6 Å². The van der Waals surface area contributed by atoms with Crippen LogP contribution in [0.4, 0.5) is 18.9 Å². The third kappa shape index (κ3) is 5.67. The van der Waals surface area contributed by atoms with Gasteiger partial charge in [-0.05, 0) is 35.9 Å². The minimum absolute atomic E-state index is 0.121. The normalized spacial score (nSPS) is 11.9. The third-order valence-electron chi connectivity index (χ3n) is 2.80. The Morgan fingerprint density at radius 3 is 2.58 bits per heavy atom. The second-order valence-electron chi connectivity index (χ2n) is 4.61. The van der Waals surface area contributed by atoms with Crippen LogP contribution in [0.15, 0.2) is 47.6 Å². The molecule has 1 aromatic carbocycles. The number of aromatic nitrogens is 1. The highest BCUT2D eigenvalue weighted by Crippen LogP contribution is 2.23. The number of pyridine rings is 1. The van der Waals surface area contributed by atoms with Gasteiger partial charge in [0.05, 0.1) is 13.7 Å². The molecule has 0 amide bonds. The van der Waals surface area contributed by atoms with Crippen molar-refractivity contribution in [3.63, 3.8) is 0 Å². The molecule has 0 fully saturated rings. The predicted octanol–water partition coefficient (Wildman–Crippen LogP) is 2.92. The Morgan fingerprint density at radius 2 is 1.96 bits per heavy atom. The van der Waals surface area contributed by atoms with Crippen molar-refractivity contribution >= 4 is 11.6 Å². The summed E-state index contributed by atoms with van der Waals surface area (Å²) in [7, 11) is 1.51. The van der Waals surface area contributed by atoms with E-state index >= 15 is 0 Å². The van der Waals surface area contributed by atoms with Gasteiger partial charge in [-0.1, -0.05) is 0 Å². The monoisotopic (exact) mass is 340 g/mol. The van der Waals surface area contributed by atoms with Crippen LogP contribution in [-0.4, -0.2) is 24.4 Å². The first kappa shape index (κ1) is 17.4. The van der Waals surface area contributed by atoms with Crippen LogP contribution >= 0.6 is 0 Å². The van der Waals surface area contributed by atoms with E-state index in [1.807, 2.05) is 0 Å². The quantitative estimate of drug-likeness (QED) is 0.646. The Balaban J connectivity index is 1.94. The molecule has 2 aromatic rings. The van der Waals surface area contributed by atoms with E-state index < -0.39 is 6.36 Å². The lowest BCUT2D eigenvalue weighted by Crippen LogP contribution is -2.22. The van der Waals surface area contributed by atoms with E-state index in [0.717, 1.165) is 5.56 Å². The summed E-state index contributed by atoms with van der Waals surface area (Å²) in [6, 6.07) is 8.65. The van der Waals surface area contributed by atoms with Gasteiger partial charge in [0.25, 0.3) is 0 Å². The second kappa shape index (κ2) is 7.53. The molecule has 24 heavy (non-hydrogen) atoms. The van der Waals surface area contributed by atoms with Gasteiger partial charge in [0.15, 0.2) is 5.96 Å². The number of alkyl halides is 3. The van der Waals surface area contributed by atoms with Crippen molar-refractivity contribution in [2.45, 2.75) is 12.9 Å². The second-order valence-corrected chi connectivity index (χ2v) is 4.61. The molecule has 2 rings (SSSR count). The molecule has 0 spiro atoms. The van der Waals surface area contributed by atoms with Gasteiger partial charge in [0, 0.05) is 18.0 Å². The Bertz CT molecular complexity index is 703. The molecule has 0 aliphatic carbocycles. The maximum atomic E-state index is 12.1. The number of nitrogens with zero attached hydrogens (tertiary/aromatic N) is 2. The minimum Gasteiger partial charge on any atom is -0.481 e. The molecule has 0 saturated carbocycles. The SMILES string of the molecule is COc1cc(CN=C(N)Nc2ccc(OC(F)(F)F)cc2)ccn1. The molecule has 0 radical (unpaired) electrons. The Morgan fingerprint density at radius 1 is 1.25 bits per heavy atom. The summed E-state index contributed by atoms with van der Waals surface area (Å²) in [6.07, 6.45) is -3.13. The fourth-order valence-electron chi connectivity index (χ4n) is 1.76. The summed E-state index contributed by atoms with van der Waals surface area (Å²) in [4.78, 5) is 8.11. The summed E-state index contributed by atoms with van der Waals surface area (Å²) in [6.45, 7) is 0.299. The van der Waals surface area contributed by atoms with Gasteiger partial charge in [-0.3, -0.25) is 0 Å². The van der Waals surface area contributed by atoms with Crippen molar-refractivity contribution in [2.75, 3.05) is 12.4 Å². The zero-order chi connectivity index (χ0) is 17.6. The van der Waals surface area contributed by atoms with Gasteiger partial charge in [-0.2, -0.15) is 0 Å². The number of benzene rings is 1. The molecule has 1 aromatic heterocycles. The zero-order valence-corrected chi connectivity index (χ0v) is 12.7. The molecule has 1 heterocycles. The molecule has 3 N–H and O–H groups in total. The number of halogens is 3. The van der Waals surface area contributed by atoms with E-state index in [1.54, 1.807) is 18.3 Å². The van der Waals surface area contributed by atoms with Crippen LogP contribution < -0.4 is 20.5 Å². The van der Waals surface area contributed by atoms with Gasteiger partial charge < -0.3 is 20.5 Å². The minimum atomic E-state index is -4.72. The average molecular weight is 340 g/mol. The molecular weight excluding hydrogens is 325 g/mol. The first-order valence-electron chi connectivity index (χ1n) is 6.77. The molecule has 6 nitrogen and oxygen atoms in total. The van der Waals surface area contributed by atoms with Crippen molar-refractivity contribution in [1.29, 1.82) is 0 Å². The smallest absolute Gasteiger partial charge is 0.481 e. The number of nitrogens with one attached hydrogen (secondary N) is 1. The van der Waals surface area contributed by atoms with Gasteiger partial charge >= 0.3 is 6.36 Å². The van der Waals surface area contributed by atoms with Crippen LogP contribution in [0.3, 0.4) is 0 Å². The summed E-state index contributed by atoms with van der Waals surface area (Å²) < 4.78 is 45.0. The van der Waals surface area contributed by atoms with E-state index in [0.29, 0.717) is 18.1 Å². The van der Waals surface area contributed by atoms with Crippen LogP contribution in [0, 0.1) is 0 Å². The molecule has 128 valence electrons. The van der Waals surface area contributed by atoms with Crippen LogP contribution in [0.1, 0.15) is 5.56 Å². The van der Waals surface area contributed by atoms with E-state index in [-0.39, 0.29) is 11.7 Å². The molecule has 0 saturated heterocycles. The fourth-order valence-corrected chi connectivity index (χ4v) is 1.76. The molecular formula is C15H15F3N4O2. The summed E-state index contributed by atoms with van der Waals surface area (Å²) in [5.41, 5.74) is 7.08. The molecule has 0 atom stereocenters. The van der Waals surface area contributed by atoms with E-state index in [4.69, 9.17) is 10.5 Å². The molecule has 0 bridgehead atoms. The zero-order valence-electron chi connectivity index (χ0n) is 12.7. The lowest BCUT2D eigenvalue weighted by atomic mass is 10.3. The van der Waals surface area contributed by atoms with Crippen LogP contribution in [0.2, 0.25) is 0 Å². The largest absolute Gasteiger partial charge is 0.573 e. The number of rotatable bonds is 5. The Labute approximate surface area is 136 Å². The number of anilines is 1. The van der Waals surface area contributed by atoms with Gasteiger partial charge in [-0.15, -0.1) is 13.2 Å². The maximum absolute atomic E-state index is 12.1. The first-order chi connectivity index (χ1) is 11.4. The van der Waals surface area contributed by atoms with Crippen molar-refractivity contribution in [2.24, 2.45) is 10.7 Å². The number of nitrogens with two attached hydrogens (primary N) is 1. The van der Waals surface area contributed by atoms with Crippen LogP contribution in [0.25, 0.3) is 0 Å². The standard InChI is InChI=1S/C15H15F3N4O2/c1-23-13-8-10(6-7-20-13)9-21-14(19)22-11-2-4-12(5-3-11)24-15(16,17)18/h2-8H,9H2,1H3,(H3,19,21,22). The van der Waals surface area contributed by atoms with E-state index in [9.17, 15) is 13.2 Å². The molecule has 0 unspecified atom stereocenters. The Kier molecular flexibility index (Phi) is 5.46. The highest BCUT2D eigenvalue weighted by atomic mass is 19.4. The van der Waals surface area contributed by atoms with Gasteiger partial charge in [-0.25, -0.2) is 9.98 Å². The Hall–Kier alpha value is -2.97. The van der Waals surface area contributed by atoms with E-state index in [1.165, 1.54) is 31.4 Å². The summed E-state index contributed by atoms with van der Waals surface area (Å²) >= 11 is 0. The van der Waals surface area contributed by atoms with E-state index in [2.05, 4.69) is 20.0 Å². The number of guanidine groups is 1. The topological polar surface area (TPSA) is 81.8 Å². The maximum Gasteiger partial charge on any atom is 0.573 e. The highest BCUT2D eigenvalue weighted by Gasteiger charge is 2.30. The van der Waals surface area contributed by atoms with Crippen molar-refractivity contribution in [3.8, 4) is 11.6 Å². The third-order valence-corrected chi connectivity index (χ3v) is 2.80. The fraction of sp³-hybridized carbons (Fsp3) is 0.200. The van der Waals surface area contributed by atoms with Crippen molar-refractivity contribution in [3.05, 3.63) is 48.2 Å². The highest BCUT2D eigenvalue weighted by molar-refractivity contribution is 5.92. The number of methoxy groups -OCH3 is 1. The van der Waals surface area contributed by atoms with Crippen LogP contribution in [-0.2, 0) is 6.54 Å². The number of hydrogen-bond acceptors (Lipinski definition) is 4. The first-order valence-corrected chi connectivity index (χ1v) is 6.77. The number of aliphatic imine (C=N–C) groups is 1. The molecule has 9 heteroatoms. The summed E-state index contributed by atoms with van der Waals surface area (Å²) in [5, 5.41) is 2.77. The predicted molar refractivity (Wildman–Crippen MR) is 82.9 cm³/mol. The molecule has 0 aliphatic heterocycles. The lowest BCUT2D eigenvalue weighted by molar-refractivity contribution is -0.274. The number of ether oxygens (including phenoxy) is 2. The van der Waals surface area contributed by atoms with Gasteiger partial charge in [0.1, 0.15) is 5.75 Å². The average Bonchev–Trinajstić information content (AvgIpc) is 2.54. The molecule has 0 aliphatic rings. The van der Waals surface area contributed by atoms with Crippen molar-refractivity contribution < 1.29 is 22.6 Å². The van der Waals surface area contributed by atoms with Gasteiger partial charge in [0.2, 0.25) is 5.88 Å². The lowest BCUT2D eigenvalue weighted by Gasteiger charge is -2.10. The van der Waals surface area contributed by atoms with Crippen molar-refractivity contribution in [1.82, 2.24) is 4.98 Å².